The predicted molar refractivity (Wildman–Crippen MR) is 147 cm³/mol. The first-order chi connectivity index (χ1) is 19.6. The number of benzene rings is 1. The zero-order chi connectivity index (χ0) is 27.6. The van der Waals surface area contributed by atoms with Crippen molar-refractivity contribution in [3.05, 3.63) is 48.2 Å². The Morgan fingerprint density at radius 2 is 1.95 bits per heavy atom. The molecule has 5 heterocycles. The summed E-state index contributed by atoms with van der Waals surface area (Å²) < 4.78 is 7.59. The lowest BCUT2D eigenvalue weighted by Crippen LogP contribution is -2.37. The monoisotopic (exact) mass is 543 g/mol. The van der Waals surface area contributed by atoms with Gasteiger partial charge < -0.3 is 23.9 Å². The predicted octanol–water partition coefficient (Wildman–Crippen LogP) is 1.98. The molecule has 0 unspecified atom stereocenters. The lowest BCUT2D eigenvalue weighted by atomic mass is 10.1. The number of nitrogens with one attached hydrogen (secondary N) is 1. The van der Waals surface area contributed by atoms with Gasteiger partial charge in [0.2, 0.25) is 5.95 Å². The third-order valence-electron chi connectivity index (χ3n) is 6.89. The molecule has 0 saturated carbocycles. The normalized spacial score (nSPS) is 13.7. The van der Waals surface area contributed by atoms with Crippen LogP contribution in [-0.4, -0.2) is 78.5 Å². The number of carbonyl (C=O) groups excluding carboxylic acids is 1. The number of anilines is 2. The molecular weight excluding hydrogens is 514 g/mol. The SMILES string of the molecule is CCCN(Cc1nc2c(N3CCOCC3)nc(-c3ccc4[nH]ncc4c3)nc2n1C)c1ncc(C(=O)ON)cn1. The van der Waals surface area contributed by atoms with Crippen LogP contribution in [0.4, 0.5) is 11.8 Å². The Morgan fingerprint density at radius 1 is 1.15 bits per heavy atom. The topological polar surface area (TPSA) is 166 Å². The van der Waals surface area contributed by atoms with Crippen LogP contribution in [0.2, 0.25) is 0 Å². The van der Waals surface area contributed by atoms with Gasteiger partial charge >= 0.3 is 5.97 Å². The van der Waals surface area contributed by atoms with Crippen molar-refractivity contribution < 1.29 is 14.4 Å². The number of H-pyrrole nitrogens is 1. The molecule has 0 radical (unpaired) electrons. The molecule has 1 aromatic carbocycles. The quantitative estimate of drug-likeness (QED) is 0.274. The molecule has 5 aromatic rings. The molecule has 0 atom stereocenters. The van der Waals surface area contributed by atoms with Crippen molar-refractivity contribution in [2.75, 3.05) is 42.6 Å². The highest BCUT2D eigenvalue weighted by Gasteiger charge is 2.24. The highest BCUT2D eigenvalue weighted by atomic mass is 16.7. The summed E-state index contributed by atoms with van der Waals surface area (Å²) in [6.07, 6.45) is 5.46. The molecule has 40 heavy (non-hydrogen) atoms. The van der Waals surface area contributed by atoms with Gasteiger partial charge in [0.15, 0.2) is 22.8 Å². The van der Waals surface area contributed by atoms with Gasteiger partial charge in [-0.1, -0.05) is 6.92 Å². The number of carbonyl (C=O) groups is 1. The van der Waals surface area contributed by atoms with Crippen LogP contribution < -0.4 is 15.7 Å². The number of aromatic amines is 1. The van der Waals surface area contributed by atoms with Crippen molar-refractivity contribution in [2.24, 2.45) is 12.9 Å². The van der Waals surface area contributed by atoms with Crippen molar-refractivity contribution in [2.45, 2.75) is 19.9 Å². The number of ether oxygens (including phenoxy) is 1. The molecule has 0 amide bonds. The van der Waals surface area contributed by atoms with E-state index in [0.717, 1.165) is 45.7 Å². The average molecular weight is 544 g/mol. The van der Waals surface area contributed by atoms with Crippen LogP contribution in [0, 0.1) is 0 Å². The maximum Gasteiger partial charge on any atom is 0.359 e. The molecule has 14 heteroatoms. The number of imidazole rings is 1. The van der Waals surface area contributed by atoms with Gasteiger partial charge in [0.05, 0.1) is 37.0 Å². The van der Waals surface area contributed by atoms with Crippen LogP contribution in [0.5, 0.6) is 0 Å². The fraction of sp³-hybridized carbons (Fsp3) is 0.346. The molecule has 1 fully saturated rings. The molecule has 206 valence electrons. The van der Waals surface area contributed by atoms with Gasteiger partial charge in [-0.15, -0.1) is 0 Å². The zero-order valence-electron chi connectivity index (χ0n) is 22.2. The Balaban J connectivity index is 1.41. The van der Waals surface area contributed by atoms with E-state index < -0.39 is 5.97 Å². The highest BCUT2D eigenvalue weighted by molar-refractivity contribution is 5.89. The minimum atomic E-state index is -0.694. The van der Waals surface area contributed by atoms with Gasteiger partial charge in [-0.25, -0.2) is 29.7 Å². The van der Waals surface area contributed by atoms with Crippen LogP contribution in [-0.2, 0) is 23.2 Å². The summed E-state index contributed by atoms with van der Waals surface area (Å²) in [6, 6.07) is 6.01. The number of hydrogen-bond donors (Lipinski definition) is 2. The van der Waals surface area contributed by atoms with E-state index in [1.54, 1.807) is 6.20 Å². The number of aromatic nitrogens is 8. The molecule has 14 nitrogen and oxygen atoms in total. The van der Waals surface area contributed by atoms with E-state index in [1.807, 2.05) is 34.7 Å². The summed E-state index contributed by atoms with van der Waals surface area (Å²) in [5.74, 6) is 6.93. The number of nitrogens with two attached hydrogens (primary N) is 1. The number of fused-ring (bicyclic) bond motifs is 2. The van der Waals surface area contributed by atoms with Gasteiger partial charge in [0.25, 0.3) is 0 Å². The van der Waals surface area contributed by atoms with Crippen molar-refractivity contribution in [1.29, 1.82) is 0 Å². The minimum Gasteiger partial charge on any atom is -0.378 e. The van der Waals surface area contributed by atoms with E-state index in [9.17, 15) is 4.79 Å². The summed E-state index contributed by atoms with van der Waals surface area (Å²) >= 11 is 0. The van der Waals surface area contributed by atoms with Gasteiger partial charge in [-0.05, 0) is 24.6 Å². The van der Waals surface area contributed by atoms with Crippen molar-refractivity contribution in [3.63, 3.8) is 0 Å². The Hall–Kier alpha value is -4.69. The smallest absolute Gasteiger partial charge is 0.359 e. The zero-order valence-corrected chi connectivity index (χ0v) is 22.2. The molecule has 1 aliphatic rings. The number of nitrogens with zero attached hydrogens (tertiary/aromatic N) is 9. The van der Waals surface area contributed by atoms with E-state index >= 15 is 0 Å². The first kappa shape index (κ1) is 25.6. The fourth-order valence-corrected chi connectivity index (χ4v) is 4.79. The molecule has 3 N–H and O–H groups in total. The van der Waals surface area contributed by atoms with Gasteiger partial charge in [-0.3, -0.25) is 5.10 Å². The van der Waals surface area contributed by atoms with Crippen molar-refractivity contribution >= 4 is 39.8 Å². The first-order valence-corrected chi connectivity index (χ1v) is 13.0. The van der Waals surface area contributed by atoms with E-state index in [0.29, 0.717) is 51.2 Å². The molecule has 1 aliphatic heterocycles. The van der Waals surface area contributed by atoms with Crippen LogP contribution >= 0.6 is 0 Å². The van der Waals surface area contributed by atoms with Crippen LogP contribution in [0.1, 0.15) is 29.5 Å². The van der Waals surface area contributed by atoms with E-state index in [-0.39, 0.29) is 5.56 Å². The number of aryl methyl sites for hydroxylation is 1. The fourth-order valence-electron chi connectivity index (χ4n) is 4.79. The molecule has 4 aromatic heterocycles. The minimum absolute atomic E-state index is 0.178. The standard InChI is InChI=1S/C26H29N11O3/c1-3-6-37(26-28-12-18(13-29-26)25(38)40-27)15-20-31-21-23(35(20)2)32-22(33-24(21)36-7-9-39-10-8-36)16-4-5-19-17(11-16)14-30-34-19/h4-5,11-14H,3,6-10,15,27H2,1-2H3,(H,30,34). The molecule has 0 bridgehead atoms. The second-order valence-corrected chi connectivity index (χ2v) is 9.50. The highest BCUT2D eigenvalue weighted by Crippen LogP contribution is 2.30. The Labute approximate surface area is 229 Å². The molecular formula is C26H29N11O3. The summed E-state index contributed by atoms with van der Waals surface area (Å²) in [4.78, 5) is 43.9. The van der Waals surface area contributed by atoms with Crippen LogP contribution in [0.25, 0.3) is 33.5 Å². The molecule has 1 saturated heterocycles. The van der Waals surface area contributed by atoms with Gasteiger partial charge in [0, 0.05) is 50.0 Å². The second kappa shape index (κ2) is 10.8. The lowest BCUT2D eigenvalue weighted by Gasteiger charge is -2.28. The van der Waals surface area contributed by atoms with Gasteiger partial charge in [-0.2, -0.15) is 11.0 Å². The summed E-state index contributed by atoms with van der Waals surface area (Å²) in [5.41, 5.74) is 3.48. The van der Waals surface area contributed by atoms with Gasteiger partial charge in [0.1, 0.15) is 5.82 Å². The Bertz CT molecular complexity index is 1660. The third-order valence-corrected chi connectivity index (χ3v) is 6.89. The van der Waals surface area contributed by atoms with E-state index in [2.05, 4.69) is 36.8 Å². The number of rotatable bonds is 8. The third kappa shape index (κ3) is 4.78. The largest absolute Gasteiger partial charge is 0.378 e. The molecule has 0 spiro atoms. The maximum atomic E-state index is 11.7. The maximum absolute atomic E-state index is 11.7. The van der Waals surface area contributed by atoms with Crippen LogP contribution in [0.3, 0.4) is 0 Å². The summed E-state index contributed by atoms with van der Waals surface area (Å²) in [5, 5.41) is 8.11. The Kier molecular flexibility index (Phi) is 6.92. The first-order valence-electron chi connectivity index (χ1n) is 13.0. The van der Waals surface area contributed by atoms with E-state index in [4.69, 9.17) is 25.6 Å². The number of morpholine rings is 1. The molecule has 0 aliphatic carbocycles. The summed E-state index contributed by atoms with van der Waals surface area (Å²) in [7, 11) is 1.95. The lowest BCUT2D eigenvalue weighted by molar-refractivity contribution is 0.0502. The van der Waals surface area contributed by atoms with Crippen molar-refractivity contribution in [1.82, 2.24) is 39.7 Å². The summed E-state index contributed by atoms with van der Waals surface area (Å²) in [6.45, 7) is 5.86. The van der Waals surface area contributed by atoms with Crippen LogP contribution in [0.15, 0.2) is 36.8 Å². The number of hydrogen-bond acceptors (Lipinski definition) is 12. The average Bonchev–Trinajstić information content (AvgIpc) is 3.60. The van der Waals surface area contributed by atoms with Crippen molar-refractivity contribution in [3.8, 4) is 11.4 Å². The Morgan fingerprint density at radius 3 is 2.70 bits per heavy atom. The second-order valence-electron chi connectivity index (χ2n) is 9.50. The molecule has 6 rings (SSSR count). The van der Waals surface area contributed by atoms with E-state index in [1.165, 1.54) is 12.4 Å².